The van der Waals surface area contributed by atoms with Crippen molar-refractivity contribution in [2.75, 3.05) is 0 Å². The molecule has 0 aliphatic rings. The normalized spacial score (nSPS) is 11.7. The Labute approximate surface area is 196 Å². The molecule has 0 fully saturated rings. The fraction of sp³-hybridized carbons (Fsp3) is 0.200. The molecule has 0 radical (unpaired) electrons. The minimum atomic E-state index is -0.141. The minimum Gasteiger partial charge on any atom is -0.489 e. The number of rotatable bonds is 9. The van der Waals surface area contributed by atoms with Crippen LogP contribution in [0.3, 0.4) is 0 Å². The number of carbonyl (C=O) groups is 1. The standard InChI is InChI=1S/C25H23ClN4O3/c1-17(19-6-10-22(11-7-19)32-16-18-3-2-14-27-15-18)28-23(31)12-13-24-29-25(30-33-24)20-4-8-21(26)9-5-20/h2-11,14-15,17H,12-13,16H2,1H3,(H,28,31). The largest absolute Gasteiger partial charge is 0.489 e. The van der Waals surface area contributed by atoms with E-state index in [1.807, 2.05) is 55.5 Å². The van der Waals surface area contributed by atoms with E-state index in [-0.39, 0.29) is 18.4 Å². The molecular formula is C25H23ClN4O3. The molecule has 0 spiro atoms. The Morgan fingerprint density at radius 1 is 1.12 bits per heavy atom. The number of benzene rings is 2. The number of amides is 1. The summed E-state index contributed by atoms with van der Waals surface area (Å²) in [5.74, 6) is 1.55. The van der Waals surface area contributed by atoms with Crippen molar-refractivity contribution in [1.29, 1.82) is 0 Å². The van der Waals surface area contributed by atoms with Crippen LogP contribution in [0.15, 0.2) is 77.6 Å². The lowest BCUT2D eigenvalue weighted by atomic mass is 10.1. The van der Waals surface area contributed by atoms with Gasteiger partial charge in [-0.05, 0) is 55.0 Å². The monoisotopic (exact) mass is 462 g/mol. The van der Waals surface area contributed by atoms with Gasteiger partial charge in [0.1, 0.15) is 12.4 Å². The first-order valence-electron chi connectivity index (χ1n) is 10.6. The number of nitrogens with zero attached hydrogens (tertiary/aromatic N) is 3. The molecule has 0 saturated heterocycles. The van der Waals surface area contributed by atoms with Crippen molar-refractivity contribution in [2.45, 2.75) is 32.4 Å². The quantitative estimate of drug-likeness (QED) is 0.369. The molecular weight excluding hydrogens is 440 g/mol. The molecule has 8 heteroatoms. The van der Waals surface area contributed by atoms with Crippen LogP contribution in [0.1, 0.15) is 36.4 Å². The summed E-state index contributed by atoms with van der Waals surface area (Å²) in [4.78, 5) is 20.8. The molecule has 4 rings (SSSR count). The molecule has 1 N–H and O–H groups in total. The summed E-state index contributed by atoms with van der Waals surface area (Å²) in [6, 6.07) is 18.5. The van der Waals surface area contributed by atoms with E-state index in [0.717, 1.165) is 22.4 Å². The molecule has 0 bridgehead atoms. The highest BCUT2D eigenvalue weighted by Gasteiger charge is 2.13. The number of carbonyl (C=O) groups excluding carboxylic acids is 1. The summed E-state index contributed by atoms with van der Waals surface area (Å²) < 4.78 is 11.0. The van der Waals surface area contributed by atoms with Gasteiger partial charge in [-0.15, -0.1) is 0 Å². The molecule has 168 valence electrons. The number of hydrogen-bond acceptors (Lipinski definition) is 6. The Morgan fingerprint density at radius 2 is 1.91 bits per heavy atom. The highest BCUT2D eigenvalue weighted by Crippen LogP contribution is 2.20. The van der Waals surface area contributed by atoms with Gasteiger partial charge in [0.15, 0.2) is 0 Å². The lowest BCUT2D eigenvalue weighted by Crippen LogP contribution is -2.26. The van der Waals surface area contributed by atoms with Gasteiger partial charge in [-0.2, -0.15) is 4.98 Å². The first-order valence-corrected chi connectivity index (χ1v) is 10.9. The van der Waals surface area contributed by atoms with E-state index in [0.29, 0.717) is 29.8 Å². The topological polar surface area (TPSA) is 90.1 Å². The van der Waals surface area contributed by atoms with Gasteiger partial charge in [0, 0.05) is 41.4 Å². The Bertz CT molecular complexity index is 1180. The summed E-state index contributed by atoms with van der Waals surface area (Å²) in [5.41, 5.74) is 2.80. The molecule has 33 heavy (non-hydrogen) atoms. The van der Waals surface area contributed by atoms with Gasteiger partial charge >= 0.3 is 0 Å². The van der Waals surface area contributed by atoms with E-state index in [4.69, 9.17) is 20.9 Å². The maximum atomic E-state index is 12.4. The van der Waals surface area contributed by atoms with Crippen molar-refractivity contribution < 1.29 is 14.1 Å². The maximum absolute atomic E-state index is 12.4. The van der Waals surface area contributed by atoms with E-state index in [2.05, 4.69) is 20.4 Å². The molecule has 1 unspecified atom stereocenters. The Morgan fingerprint density at radius 3 is 2.64 bits per heavy atom. The zero-order valence-corrected chi connectivity index (χ0v) is 18.8. The second kappa shape index (κ2) is 10.7. The van der Waals surface area contributed by atoms with Crippen LogP contribution >= 0.6 is 11.6 Å². The summed E-state index contributed by atoms with van der Waals surface area (Å²) in [6.07, 6.45) is 4.12. The molecule has 7 nitrogen and oxygen atoms in total. The molecule has 2 aromatic carbocycles. The van der Waals surface area contributed by atoms with Crippen molar-refractivity contribution in [1.82, 2.24) is 20.4 Å². The number of ether oxygens (including phenoxy) is 1. The average Bonchev–Trinajstić information content (AvgIpc) is 3.32. The highest BCUT2D eigenvalue weighted by atomic mass is 35.5. The third kappa shape index (κ3) is 6.40. The van der Waals surface area contributed by atoms with Crippen molar-refractivity contribution in [3.63, 3.8) is 0 Å². The summed E-state index contributed by atoms with van der Waals surface area (Å²) in [7, 11) is 0. The Kier molecular flexibility index (Phi) is 7.32. The van der Waals surface area contributed by atoms with Gasteiger partial charge in [-0.1, -0.05) is 35.0 Å². The van der Waals surface area contributed by atoms with Crippen LogP contribution in [-0.4, -0.2) is 21.0 Å². The lowest BCUT2D eigenvalue weighted by Gasteiger charge is -2.15. The van der Waals surface area contributed by atoms with Gasteiger partial charge in [0.25, 0.3) is 0 Å². The summed E-state index contributed by atoms with van der Waals surface area (Å²) in [6.45, 7) is 2.39. The average molecular weight is 463 g/mol. The second-order valence-corrected chi connectivity index (χ2v) is 7.96. The number of halogens is 1. The van der Waals surface area contributed by atoms with E-state index >= 15 is 0 Å². The van der Waals surface area contributed by atoms with Crippen LogP contribution in [0.5, 0.6) is 5.75 Å². The van der Waals surface area contributed by atoms with Gasteiger partial charge in [-0.3, -0.25) is 9.78 Å². The zero-order valence-electron chi connectivity index (χ0n) is 18.1. The maximum Gasteiger partial charge on any atom is 0.227 e. The van der Waals surface area contributed by atoms with Crippen molar-refractivity contribution in [3.05, 3.63) is 95.1 Å². The van der Waals surface area contributed by atoms with E-state index in [1.165, 1.54) is 0 Å². The molecule has 2 heterocycles. The number of hydrogen-bond donors (Lipinski definition) is 1. The van der Waals surface area contributed by atoms with Crippen LogP contribution in [0.2, 0.25) is 5.02 Å². The predicted molar refractivity (Wildman–Crippen MR) is 125 cm³/mol. The van der Waals surface area contributed by atoms with E-state index in [9.17, 15) is 4.79 Å². The van der Waals surface area contributed by atoms with Crippen LogP contribution in [0, 0.1) is 0 Å². The van der Waals surface area contributed by atoms with Gasteiger partial charge in [-0.25, -0.2) is 0 Å². The smallest absolute Gasteiger partial charge is 0.227 e. The van der Waals surface area contributed by atoms with Crippen LogP contribution in [0.4, 0.5) is 0 Å². The fourth-order valence-electron chi connectivity index (χ4n) is 3.19. The lowest BCUT2D eigenvalue weighted by molar-refractivity contribution is -0.121. The van der Waals surface area contributed by atoms with E-state index < -0.39 is 0 Å². The Balaban J connectivity index is 1.24. The number of aromatic nitrogens is 3. The van der Waals surface area contributed by atoms with E-state index in [1.54, 1.807) is 24.5 Å². The SMILES string of the molecule is CC(NC(=O)CCc1nc(-c2ccc(Cl)cc2)no1)c1ccc(OCc2cccnc2)cc1. The molecule has 4 aromatic rings. The third-order valence-electron chi connectivity index (χ3n) is 5.02. The fourth-order valence-corrected chi connectivity index (χ4v) is 3.32. The predicted octanol–water partition coefficient (Wildman–Crippen LogP) is 5.17. The molecule has 0 aliphatic carbocycles. The van der Waals surface area contributed by atoms with Crippen molar-refractivity contribution >= 4 is 17.5 Å². The summed E-state index contributed by atoms with van der Waals surface area (Å²) >= 11 is 5.90. The summed E-state index contributed by atoms with van der Waals surface area (Å²) in [5, 5.41) is 7.60. The van der Waals surface area contributed by atoms with Gasteiger partial charge in [0.05, 0.1) is 6.04 Å². The van der Waals surface area contributed by atoms with Crippen LogP contribution in [0.25, 0.3) is 11.4 Å². The van der Waals surface area contributed by atoms with Crippen molar-refractivity contribution in [3.8, 4) is 17.1 Å². The highest BCUT2D eigenvalue weighted by molar-refractivity contribution is 6.30. The first kappa shape index (κ1) is 22.5. The Hall–Kier alpha value is -3.71. The van der Waals surface area contributed by atoms with Crippen molar-refractivity contribution in [2.24, 2.45) is 0 Å². The van der Waals surface area contributed by atoms with Gasteiger partial charge in [0.2, 0.25) is 17.6 Å². The molecule has 0 aliphatic heterocycles. The first-order chi connectivity index (χ1) is 16.1. The second-order valence-electron chi connectivity index (χ2n) is 7.53. The van der Waals surface area contributed by atoms with Crippen LogP contribution in [-0.2, 0) is 17.8 Å². The molecule has 1 atom stereocenters. The number of pyridine rings is 1. The number of nitrogens with one attached hydrogen (secondary N) is 1. The van der Waals surface area contributed by atoms with Crippen LogP contribution < -0.4 is 10.1 Å². The molecule has 2 aromatic heterocycles. The minimum absolute atomic E-state index is 0.0920. The number of aryl methyl sites for hydroxylation is 1. The van der Waals surface area contributed by atoms with Gasteiger partial charge < -0.3 is 14.6 Å². The molecule has 0 saturated carbocycles. The molecule has 1 amide bonds. The third-order valence-corrected chi connectivity index (χ3v) is 5.27. The zero-order chi connectivity index (χ0) is 23.0.